The van der Waals surface area contributed by atoms with Gasteiger partial charge in [0.2, 0.25) is 5.91 Å². The van der Waals surface area contributed by atoms with Crippen molar-refractivity contribution >= 4 is 11.9 Å². The first-order chi connectivity index (χ1) is 9.93. The summed E-state index contributed by atoms with van der Waals surface area (Å²) in [5, 5.41) is 11.8. The van der Waals surface area contributed by atoms with E-state index in [-0.39, 0.29) is 24.2 Å². The van der Waals surface area contributed by atoms with E-state index in [1.54, 1.807) is 13.0 Å². The molecule has 0 bridgehead atoms. The summed E-state index contributed by atoms with van der Waals surface area (Å²) in [6.45, 7) is 2.00. The maximum Gasteiger partial charge on any atom is 0.311 e. The van der Waals surface area contributed by atoms with Crippen molar-refractivity contribution in [2.75, 3.05) is 6.54 Å². The van der Waals surface area contributed by atoms with Gasteiger partial charge >= 0.3 is 5.97 Å². The van der Waals surface area contributed by atoms with Crippen molar-refractivity contribution in [2.24, 2.45) is 11.3 Å². The number of aryl methyl sites for hydroxylation is 1. The number of hydrogen-bond acceptors (Lipinski definition) is 2. The smallest absolute Gasteiger partial charge is 0.311 e. The van der Waals surface area contributed by atoms with Crippen molar-refractivity contribution in [3.8, 4) is 0 Å². The third kappa shape index (κ3) is 4.03. The largest absolute Gasteiger partial charge is 0.481 e. The van der Waals surface area contributed by atoms with Gasteiger partial charge in [-0.3, -0.25) is 9.59 Å². The second-order valence-corrected chi connectivity index (χ2v) is 5.87. The first-order valence-electron chi connectivity index (χ1n) is 7.18. The number of benzene rings is 1. The number of hydrogen-bond donors (Lipinski definition) is 2. The molecule has 1 aromatic carbocycles. The Morgan fingerprint density at radius 3 is 2.71 bits per heavy atom. The van der Waals surface area contributed by atoms with Crippen LogP contribution < -0.4 is 5.32 Å². The lowest BCUT2D eigenvalue weighted by Crippen LogP contribution is -2.37. The molecule has 0 aromatic heterocycles. The van der Waals surface area contributed by atoms with E-state index in [0.29, 0.717) is 25.7 Å². The molecule has 0 spiro atoms. The summed E-state index contributed by atoms with van der Waals surface area (Å²) in [7, 11) is 0. The average molecular weight is 293 g/mol. The van der Waals surface area contributed by atoms with Gasteiger partial charge in [0.15, 0.2) is 0 Å². The zero-order chi connectivity index (χ0) is 15.5. The SMILES string of the molecule is CC(CCc1cccc(F)c1)C(=O)NCC1(C(=O)O)CC1. The van der Waals surface area contributed by atoms with Crippen LogP contribution in [0.15, 0.2) is 24.3 Å². The van der Waals surface area contributed by atoms with E-state index in [9.17, 15) is 14.0 Å². The Kier molecular flexibility index (Phi) is 4.60. The normalized spacial score (nSPS) is 17.0. The van der Waals surface area contributed by atoms with Crippen LogP contribution >= 0.6 is 0 Å². The number of rotatable bonds is 7. The van der Waals surface area contributed by atoms with Gasteiger partial charge in [0, 0.05) is 12.5 Å². The molecule has 2 N–H and O–H groups in total. The van der Waals surface area contributed by atoms with Crippen molar-refractivity contribution in [3.63, 3.8) is 0 Å². The minimum absolute atomic E-state index is 0.140. The molecule has 0 radical (unpaired) electrons. The van der Waals surface area contributed by atoms with Crippen molar-refractivity contribution in [3.05, 3.63) is 35.6 Å². The highest BCUT2D eigenvalue weighted by Gasteiger charge is 2.50. The highest BCUT2D eigenvalue weighted by molar-refractivity contribution is 5.81. The van der Waals surface area contributed by atoms with Crippen molar-refractivity contribution in [1.29, 1.82) is 0 Å². The first-order valence-corrected chi connectivity index (χ1v) is 7.18. The van der Waals surface area contributed by atoms with Crippen LogP contribution in [0.4, 0.5) is 4.39 Å². The van der Waals surface area contributed by atoms with E-state index in [0.717, 1.165) is 5.56 Å². The second-order valence-electron chi connectivity index (χ2n) is 5.87. The molecule has 1 atom stereocenters. The highest BCUT2D eigenvalue weighted by atomic mass is 19.1. The summed E-state index contributed by atoms with van der Waals surface area (Å²) in [6.07, 6.45) is 2.48. The maximum absolute atomic E-state index is 13.0. The van der Waals surface area contributed by atoms with Crippen molar-refractivity contribution in [2.45, 2.75) is 32.6 Å². The molecular weight excluding hydrogens is 273 g/mol. The van der Waals surface area contributed by atoms with Gasteiger partial charge in [-0.2, -0.15) is 0 Å². The van der Waals surface area contributed by atoms with Gasteiger partial charge in [-0.25, -0.2) is 4.39 Å². The molecule has 1 aliphatic carbocycles. The third-order valence-electron chi connectivity index (χ3n) is 4.11. The van der Waals surface area contributed by atoms with Crippen LogP contribution in [-0.4, -0.2) is 23.5 Å². The Bertz CT molecular complexity index is 540. The number of carboxylic acid groups (broad SMARTS) is 1. The minimum atomic E-state index is -0.838. The van der Waals surface area contributed by atoms with E-state index >= 15 is 0 Å². The number of amides is 1. The van der Waals surface area contributed by atoms with Crippen molar-refractivity contribution in [1.82, 2.24) is 5.32 Å². The predicted octanol–water partition coefficient (Wildman–Crippen LogP) is 2.38. The Morgan fingerprint density at radius 1 is 1.43 bits per heavy atom. The second kappa shape index (κ2) is 6.24. The summed E-state index contributed by atoms with van der Waals surface area (Å²) in [4.78, 5) is 23.0. The van der Waals surface area contributed by atoms with Crippen molar-refractivity contribution < 1.29 is 19.1 Å². The fraction of sp³-hybridized carbons (Fsp3) is 0.500. The van der Waals surface area contributed by atoms with Crippen LogP contribution in [0.25, 0.3) is 0 Å². The molecule has 0 saturated heterocycles. The van der Waals surface area contributed by atoms with Crippen LogP contribution in [0.5, 0.6) is 0 Å². The van der Waals surface area contributed by atoms with Gasteiger partial charge < -0.3 is 10.4 Å². The number of carboxylic acids is 1. The third-order valence-corrected chi connectivity index (χ3v) is 4.11. The molecule has 2 rings (SSSR count). The van der Waals surface area contributed by atoms with Gasteiger partial charge in [0.1, 0.15) is 5.82 Å². The standard InChI is InChI=1S/C16H20FNO3/c1-11(5-6-12-3-2-4-13(17)9-12)14(19)18-10-16(7-8-16)15(20)21/h2-4,9,11H,5-8,10H2,1H3,(H,18,19)(H,20,21). The number of halogens is 1. The van der Waals surface area contributed by atoms with Crippen LogP contribution in [0.2, 0.25) is 0 Å². The lowest BCUT2D eigenvalue weighted by atomic mass is 9.99. The zero-order valence-corrected chi connectivity index (χ0v) is 12.1. The van der Waals surface area contributed by atoms with Crippen LogP contribution in [0, 0.1) is 17.2 Å². The molecule has 1 saturated carbocycles. The van der Waals surface area contributed by atoms with E-state index in [2.05, 4.69) is 5.32 Å². The van der Waals surface area contributed by atoms with E-state index in [1.807, 2.05) is 6.07 Å². The summed E-state index contributed by atoms with van der Waals surface area (Å²) in [5.74, 6) is -1.48. The Morgan fingerprint density at radius 2 is 2.14 bits per heavy atom. The van der Waals surface area contributed by atoms with Crippen LogP contribution in [-0.2, 0) is 16.0 Å². The Labute approximate surface area is 123 Å². The van der Waals surface area contributed by atoms with Gasteiger partial charge in [-0.15, -0.1) is 0 Å². The molecule has 1 amide bonds. The van der Waals surface area contributed by atoms with Gasteiger partial charge in [-0.05, 0) is 43.4 Å². The molecule has 114 valence electrons. The number of nitrogens with one attached hydrogen (secondary N) is 1. The average Bonchev–Trinajstić information content (AvgIpc) is 3.23. The van der Waals surface area contributed by atoms with E-state index in [1.165, 1.54) is 12.1 Å². The fourth-order valence-electron chi connectivity index (χ4n) is 2.25. The topological polar surface area (TPSA) is 66.4 Å². The molecule has 1 aromatic rings. The lowest BCUT2D eigenvalue weighted by molar-refractivity contribution is -0.143. The molecule has 21 heavy (non-hydrogen) atoms. The quantitative estimate of drug-likeness (QED) is 0.811. The zero-order valence-electron chi connectivity index (χ0n) is 12.1. The summed E-state index contributed by atoms with van der Waals surface area (Å²) in [5.41, 5.74) is 0.122. The van der Waals surface area contributed by atoms with Gasteiger partial charge in [-0.1, -0.05) is 19.1 Å². The summed E-state index contributed by atoms with van der Waals surface area (Å²) < 4.78 is 13.0. The van der Waals surface area contributed by atoms with Crippen LogP contribution in [0.3, 0.4) is 0 Å². The minimum Gasteiger partial charge on any atom is -0.481 e. The Balaban J connectivity index is 1.76. The predicted molar refractivity (Wildman–Crippen MR) is 76.2 cm³/mol. The van der Waals surface area contributed by atoms with E-state index in [4.69, 9.17) is 5.11 Å². The summed E-state index contributed by atoms with van der Waals surface area (Å²) in [6, 6.07) is 6.34. The van der Waals surface area contributed by atoms with Gasteiger partial charge in [0.25, 0.3) is 0 Å². The molecule has 4 nitrogen and oxygen atoms in total. The van der Waals surface area contributed by atoms with Crippen LogP contribution in [0.1, 0.15) is 31.7 Å². The molecule has 1 unspecified atom stereocenters. The molecule has 0 heterocycles. The molecule has 1 aliphatic rings. The maximum atomic E-state index is 13.0. The first kappa shape index (κ1) is 15.5. The highest BCUT2D eigenvalue weighted by Crippen LogP contribution is 2.45. The monoisotopic (exact) mass is 293 g/mol. The molecule has 0 aliphatic heterocycles. The number of carbonyl (C=O) groups is 2. The molecule has 5 heteroatoms. The molecular formula is C16H20FNO3. The lowest BCUT2D eigenvalue weighted by Gasteiger charge is -2.15. The van der Waals surface area contributed by atoms with E-state index < -0.39 is 11.4 Å². The molecule has 1 fully saturated rings. The Hall–Kier alpha value is -1.91. The summed E-state index contributed by atoms with van der Waals surface area (Å²) >= 11 is 0. The number of carbonyl (C=O) groups excluding carboxylic acids is 1. The van der Waals surface area contributed by atoms with Gasteiger partial charge in [0.05, 0.1) is 5.41 Å². The number of aliphatic carboxylic acids is 1. The fourth-order valence-corrected chi connectivity index (χ4v) is 2.25.